The highest BCUT2D eigenvalue weighted by Crippen LogP contribution is 2.37. The zero-order chi connectivity index (χ0) is 22.8. The predicted molar refractivity (Wildman–Crippen MR) is 128 cm³/mol. The van der Waals surface area contributed by atoms with Gasteiger partial charge in [-0.05, 0) is 49.3 Å². The Labute approximate surface area is 199 Å². The summed E-state index contributed by atoms with van der Waals surface area (Å²) in [4.78, 5) is 16.7. The van der Waals surface area contributed by atoms with Gasteiger partial charge in [0.15, 0.2) is 11.5 Å². The molecule has 1 amide bonds. The van der Waals surface area contributed by atoms with Crippen LogP contribution in [0.5, 0.6) is 11.5 Å². The number of para-hydroxylation sites is 1. The maximum atomic E-state index is 13.4. The molecule has 0 bridgehead atoms. The first-order valence-electron chi connectivity index (χ1n) is 11.5. The lowest BCUT2D eigenvalue weighted by Gasteiger charge is -2.33. The Kier molecular flexibility index (Phi) is 6.53. The van der Waals surface area contributed by atoms with E-state index < -0.39 is 10.0 Å². The van der Waals surface area contributed by atoms with Crippen molar-refractivity contribution < 1.29 is 22.7 Å². The van der Waals surface area contributed by atoms with Crippen molar-refractivity contribution in [2.75, 3.05) is 43.5 Å². The largest absolute Gasteiger partial charge is 0.490 e. The second-order valence-electron chi connectivity index (χ2n) is 8.50. The van der Waals surface area contributed by atoms with E-state index in [-0.39, 0.29) is 16.7 Å². The summed E-state index contributed by atoms with van der Waals surface area (Å²) in [6.07, 6.45) is 2.75. The molecule has 0 radical (unpaired) electrons. The molecule has 9 heteroatoms. The molecule has 0 aliphatic carbocycles. The molecule has 1 saturated heterocycles. The molecule has 0 atom stereocenters. The molecule has 1 fully saturated rings. The van der Waals surface area contributed by atoms with E-state index in [0.717, 1.165) is 29.2 Å². The van der Waals surface area contributed by atoms with Crippen molar-refractivity contribution in [1.82, 2.24) is 4.31 Å². The molecule has 5 rings (SSSR count). The third-order valence-electron chi connectivity index (χ3n) is 6.37. The number of anilines is 1. The van der Waals surface area contributed by atoms with Crippen molar-refractivity contribution in [2.24, 2.45) is 5.92 Å². The summed E-state index contributed by atoms with van der Waals surface area (Å²) in [6.45, 7) is 2.43. The van der Waals surface area contributed by atoms with Gasteiger partial charge in [-0.15, -0.1) is 11.8 Å². The van der Waals surface area contributed by atoms with Gasteiger partial charge in [0.25, 0.3) is 0 Å². The van der Waals surface area contributed by atoms with Gasteiger partial charge in [0.1, 0.15) is 0 Å². The quantitative estimate of drug-likeness (QED) is 0.655. The smallest absolute Gasteiger partial charge is 0.243 e. The fourth-order valence-electron chi connectivity index (χ4n) is 4.57. The van der Waals surface area contributed by atoms with Gasteiger partial charge >= 0.3 is 0 Å². The molecule has 3 heterocycles. The Morgan fingerprint density at radius 1 is 0.939 bits per heavy atom. The molecular formula is C24H28N2O5S2. The van der Waals surface area contributed by atoms with Gasteiger partial charge in [0.2, 0.25) is 15.9 Å². The van der Waals surface area contributed by atoms with Gasteiger partial charge in [-0.25, -0.2) is 8.42 Å². The predicted octanol–water partition coefficient (Wildman–Crippen LogP) is 3.78. The Hall–Kier alpha value is -2.23. The van der Waals surface area contributed by atoms with Crippen LogP contribution in [0.25, 0.3) is 0 Å². The molecule has 176 valence electrons. The van der Waals surface area contributed by atoms with Gasteiger partial charge in [-0.3, -0.25) is 4.79 Å². The second-order valence-corrected chi connectivity index (χ2v) is 11.6. The number of rotatable bonds is 3. The van der Waals surface area contributed by atoms with Gasteiger partial charge < -0.3 is 14.4 Å². The van der Waals surface area contributed by atoms with Gasteiger partial charge in [0, 0.05) is 42.9 Å². The molecule has 0 saturated carbocycles. The van der Waals surface area contributed by atoms with E-state index >= 15 is 0 Å². The van der Waals surface area contributed by atoms with Crippen molar-refractivity contribution in [3.8, 4) is 11.5 Å². The molecule has 3 aliphatic rings. The Morgan fingerprint density at radius 2 is 1.70 bits per heavy atom. The topological polar surface area (TPSA) is 76.2 Å². The van der Waals surface area contributed by atoms with Crippen molar-refractivity contribution in [2.45, 2.75) is 35.5 Å². The molecule has 3 aliphatic heterocycles. The first-order valence-corrected chi connectivity index (χ1v) is 13.9. The first-order chi connectivity index (χ1) is 16.0. The summed E-state index contributed by atoms with van der Waals surface area (Å²) in [5, 5.41) is 0. The van der Waals surface area contributed by atoms with Crippen LogP contribution >= 0.6 is 11.8 Å². The standard InChI is InChI=1S/C24H28N2O5S2/c27-24(26-11-3-16-32-23-6-2-1-5-20(23)26)18-9-12-25(13-10-18)33(28,29)19-7-8-21-22(17-19)31-15-4-14-30-21/h1-2,5-8,17-18H,3-4,9-16H2. The summed E-state index contributed by atoms with van der Waals surface area (Å²) in [5.74, 6) is 1.98. The normalized spacial score (nSPS) is 19.9. The molecule has 0 unspecified atom stereocenters. The summed E-state index contributed by atoms with van der Waals surface area (Å²) in [7, 11) is -3.67. The van der Waals surface area contributed by atoms with E-state index in [1.807, 2.05) is 23.1 Å². The summed E-state index contributed by atoms with van der Waals surface area (Å²) in [6, 6.07) is 12.8. The van der Waals surface area contributed by atoms with Crippen molar-refractivity contribution in [3.63, 3.8) is 0 Å². The van der Waals surface area contributed by atoms with E-state index in [0.29, 0.717) is 57.2 Å². The van der Waals surface area contributed by atoms with Crippen LogP contribution in [0, 0.1) is 5.92 Å². The lowest BCUT2D eigenvalue weighted by atomic mass is 9.96. The van der Waals surface area contributed by atoms with Gasteiger partial charge in [-0.1, -0.05) is 12.1 Å². The number of fused-ring (bicyclic) bond motifs is 2. The minimum Gasteiger partial charge on any atom is -0.490 e. The first kappa shape index (κ1) is 22.6. The molecule has 2 aromatic carbocycles. The zero-order valence-corrected chi connectivity index (χ0v) is 20.1. The minimum absolute atomic E-state index is 0.109. The molecule has 33 heavy (non-hydrogen) atoms. The van der Waals surface area contributed by atoms with Crippen LogP contribution in [0.3, 0.4) is 0 Å². The van der Waals surface area contributed by atoms with Crippen LogP contribution in [-0.2, 0) is 14.8 Å². The zero-order valence-electron chi connectivity index (χ0n) is 18.4. The molecule has 0 spiro atoms. The Balaban J connectivity index is 1.28. The number of thioether (sulfide) groups is 1. The number of sulfonamides is 1. The SMILES string of the molecule is O=C(C1CCN(S(=O)(=O)c2ccc3c(c2)OCCCO3)CC1)N1CCCSc2ccccc21. The van der Waals surface area contributed by atoms with Crippen LogP contribution in [-0.4, -0.2) is 57.2 Å². The number of hydrogen-bond acceptors (Lipinski definition) is 6. The van der Waals surface area contributed by atoms with E-state index in [1.54, 1.807) is 30.0 Å². The van der Waals surface area contributed by atoms with Crippen molar-refractivity contribution in [1.29, 1.82) is 0 Å². The molecule has 0 N–H and O–H groups in total. The third-order valence-corrected chi connectivity index (χ3v) is 9.41. The fraction of sp³-hybridized carbons (Fsp3) is 0.458. The molecule has 7 nitrogen and oxygen atoms in total. The number of carbonyl (C=O) groups is 1. The second kappa shape index (κ2) is 9.56. The third kappa shape index (κ3) is 4.58. The van der Waals surface area contributed by atoms with E-state index in [1.165, 1.54) is 4.31 Å². The van der Waals surface area contributed by atoms with Crippen LogP contribution in [0.1, 0.15) is 25.7 Å². The highest BCUT2D eigenvalue weighted by molar-refractivity contribution is 7.99. The van der Waals surface area contributed by atoms with E-state index in [9.17, 15) is 13.2 Å². The van der Waals surface area contributed by atoms with Crippen LogP contribution in [0.2, 0.25) is 0 Å². The molecule has 0 aromatic heterocycles. The minimum atomic E-state index is -3.67. The average Bonchev–Trinajstić information content (AvgIpc) is 3.21. The summed E-state index contributed by atoms with van der Waals surface area (Å²) >= 11 is 1.79. The summed E-state index contributed by atoms with van der Waals surface area (Å²) in [5.41, 5.74) is 0.979. The van der Waals surface area contributed by atoms with Gasteiger partial charge in [-0.2, -0.15) is 4.31 Å². The maximum absolute atomic E-state index is 13.4. The number of ether oxygens (including phenoxy) is 2. The van der Waals surface area contributed by atoms with Crippen LogP contribution < -0.4 is 14.4 Å². The van der Waals surface area contributed by atoms with Crippen molar-refractivity contribution >= 4 is 33.4 Å². The Morgan fingerprint density at radius 3 is 2.52 bits per heavy atom. The maximum Gasteiger partial charge on any atom is 0.243 e. The average molecular weight is 489 g/mol. The van der Waals surface area contributed by atoms with Crippen molar-refractivity contribution in [3.05, 3.63) is 42.5 Å². The molecule has 2 aromatic rings. The van der Waals surface area contributed by atoms with Crippen LogP contribution in [0.15, 0.2) is 52.3 Å². The number of amides is 1. The number of carbonyl (C=O) groups excluding carboxylic acids is 1. The van der Waals surface area contributed by atoms with Gasteiger partial charge in [0.05, 0.1) is 23.8 Å². The number of piperidine rings is 1. The lowest BCUT2D eigenvalue weighted by Crippen LogP contribution is -2.44. The van der Waals surface area contributed by atoms with E-state index in [2.05, 4.69) is 6.07 Å². The Bertz CT molecular complexity index is 1130. The highest BCUT2D eigenvalue weighted by Gasteiger charge is 2.35. The number of nitrogens with zero attached hydrogens (tertiary/aromatic N) is 2. The molecular weight excluding hydrogens is 460 g/mol. The highest BCUT2D eigenvalue weighted by atomic mass is 32.2. The number of benzene rings is 2. The van der Waals surface area contributed by atoms with E-state index in [4.69, 9.17) is 9.47 Å². The number of hydrogen-bond donors (Lipinski definition) is 0. The monoisotopic (exact) mass is 488 g/mol. The fourth-order valence-corrected chi connectivity index (χ4v) is 7.05. The summed E-state index contributed by atoms with van der Waals surface area (Å²) < 4.78 is 39.3. The van der Waals surface area contributed by atoms with Crippen LogP contribution in [0.4, 0.5) is 5.69 Å². The lowest BCUT2D eigenvalue weighted by molar-refractivity contribution is -0.123.